The van der Waals surface area contributed by atoms with Gasteiger partial charge in [0.2, 0.25) is 5.91 Å². The topological polar surface area (TPSA) is 52.8 Å². The van der Waals surface area contributed by atoms with Crippen molar-refractivity contribution in [1.82, 2.24) is 4.57 Å². The molecule has 1 aliphatic heterocycles. The maximum Gasteiger partial charge on any atom is 0.248 e. The molecule has 1 aromatic heterocycles. The normalized spacial score (nSPS) is 18.0. The van der Waals surface area contributed by atoms with Gasteiger partial charge in [-0.3, -0.25) is 4.79 Å². The first-order valence-electron chi connectivity index (χ1n) is 9.86. The van der Waals surface area contributed by atoms with Crippen molar-refractivity contribution in [3.63, 3.8) is 0 Å². The van der Waals surface area contributed by atoms with E-state index in [1.54, 1.807) is 0 Å². The Balaban J connectivity index is 1.61. The molecule has 0 bridgehead atoms. The van der Waals surface area contributed by atoms with E-state index in [2.05, 4.69) is 11.6 Å². The zero-order valence-corrected chi connectivity index (χ0v) is 16.4. The van der Waals surface area contributed by atoms with Crippen LogP contribution in [0.5, 0.6) is 11.5 Å². The summed E-state index contributed by atoms with van der Waals surface area (Å²) < 4.78 is 14.5. The van der Waals surface area contributed by atoms with Crippen LogP contribution >= 0.6 is 11.3 Å². The Morgan fingerprint density at radius 2 is 1.96 bits per heavy atom. The highest BCUT2D eigenvalue weighted by atomic mass is 32.1. The van der Waals surface area contributed by atoms with Gasteiger partial charge in [0, 0.05) is 25.1 Å². The molecule has 2 heterocycles. The molecule has 0 saturated heterocycles. The van der Waals surface area contributed by atoms with Crippen molar-refractivity contribution in [3.8, 4) is 11.5 Å². The Labute approximate surface area is 163 Å². The van der Waals surface area contributed by atoms with E-state index in [0.29, 0.717) is 32.1 Å². The molecular formula is C21H26N2O3S. The van der Waals surface area contributed by atoms with Gasteiger partial charge in [0.1, 0.15) is 13.2 Å². The molecule has 1 saturated carbocycles. The van der Waals surface area contributed by atoms with Crippen molar-refractivity contribution in [2.45, 2.75) is 51.5 Å². The summed E-state index contributed by atoms with van der Waals surface area (Å²) in [6, 6.07) is 3.97. The Bertz CT molecular complexity index is 906. The number of hydrogen-bond acceptors (Lipinski definition) is 4. The van der Waals surface area contributed by atoms with Crippen LogP contribution in [0.15, 0.2) is 29.8 Å². The number of nitrogens with zero attached hydrogens (tertiary/aromatic N) is 2. The number of ether oxygens (including phenoxy) is 2. The van der Waals surface area contributed by atoms with Crippen LogP contribution in [0.25, 0.3) is 10.2 Å². The van der Waals surface area contributed by atoms with Gasteiger partial charge in [0.25, 0.3) is 0 Å². The lowest BCUT2D eigenvalue weighted by molar-refractivity contribution is -0.118. The highest BCUT2D eigenvalue weighted by molar-refractivity contribution is 7.16. The molecule has 27 heavy (non-hydrogen) atoms. The molecule has 5 nitrogen and oxygen atoms in total. The molecule has 0 spiro atoms. The van der Waals surface area contributed by atoms with Crippen LogP contribution in [-0.2, 0) is 11.3 Å². The predicted octanol–water partition coefficient (Wildman–Crippen LogP) is 4.45. The van der Waals surface area contributed by atoms with E-state index in [0.717, 1.165) is 32.9 Å². The smallest absolute Gasteiger partial charge is 0.248 e. The number of hydrogen-bond donors (Lipinski definition) is 0. The summed E-state index contributed by atoms with van der Waals surface area (Å²) in [6.07, 6.45) is 9.81. The number of fused-ring (bicyclic) bond motifs is 2. The van der Waals surface area contributed by atoms with Gasteiger partial charge in [-0.1, -0.05) is 49.5 Å². The van der Waals surface area contributed by atoms with Crippen LogP contribution in [0.3, 0.4) is 0 Å². The quantitative estimate of drug-likeness (QED) is 0.714. The lowest BCUT2D eigenvalue weighted by atomic mass is 9.86. The van der Waals surface area contributed by atoms with Crippen LogP contribution in [0.2, 0.25) is 0 Å². The third kappa shape index (κ3) is 4.10. The standard InChI is InChI=1S/C21H26N2O3S/c1-2-10-23-16-13-17-18(26-12-11-25-17)14-19(16)27-21(23)22-20(24)9-8-15-6-4-3-5-7-15/h2,13-15H,1,3-12H2. The zero-order chi connectivity index (χ0) is 18.6. The fourth-order valence-corrected chi connectivity index (χ4v) is 5.03. The van der Waals surface area contributed by atoms with Gasteiger partial charge in [0.15, 0.2) is 16.3 Å². The number of aromatic nitrogens is 1. The molecule has 0 atom stereocenters. The summed E-state index contributed by atoms with van der Waals surface area (Å²) >= 11 is 1.52. The van der Waals surface area contributed by atoms with E-state index in [9.17, 15) is 4.79 Å². The number of thiazole rings is 1. The SMILES string of the molecule is C=CCn1c(=NC(=O)CCC2CCCCC2)sc2cc3c(cc21)OCCO3. The van der Waals surface area contributed by atoms with Gasteiger partial charge in [-0.25, -0.2) is 0 Å². The number of rotatable bonds is 5. The highest BCUT2D eigenvalue weighted by Gasteiger charge is 2.17. The first-order valence-corrected chi connectivity index (χ1v) is 10.7. The summed E-state index contributed by atoms with van der Waals surface area (Å²) in [4.78, 5) is 17.7. The summed E-state index contributed by atoms with van der Waals surface area (Å²) in [5.41, 5.74) is 1.00. The molecule has 1 fully saturated rings. The number of allylic oxidation sites excluding steroid dienone is 1. The number of amides is 1. The zero-order valence-electron chi connectivity index (χ0n) is 15.6. The fourth-order valence-electron chi connectivity index (χ4n) is 3.96. The van der Waals surface area contributed by atoms with Crippen molar-refractivity contribution in [2.75, 3.05) is 13.2 Å². The van der Waals surface area contributed by atoms with E-state index < -0.39 is 0 Å². The first kappa shape index (κ1) is 18.3. The van der Waals surface area contributed by atoms with Crippen molar-refractivity contribution in [1.29, 1.82) is 0 Å². The Morgan fingerprint density at radius 3 is 2.70 bits per heavy atom. The number of benzene rings is 1. The van der Waals surface area contributed by atoms with Crippen molar-refractivity contribution in [2.24, 2.45) is 10.9 Å². The Morgan fingerprint density at radius 1 is 1.22 bits per heavy atom. The maximum absolute atomic E-state index is 12.5. The minimum Gasteiger partial charge on any atom is -0.486 e. The third-order valence-corrected chi connectivity index (χ3v) is 6.41. The summed E-state index contributed by atoms with van der Waals surface area (Å²) in [5, 5.41) is 0. The molecule has 1 aliphatic carbocycles. The van der Waals surface area contributed by atoms with Crippen LogP contribution in [0.4, 0.5) is 0 Å². The Kier molecular flexibility index (Phi) is 5.62. The van der Waals surface area contributed by atoms with Crippen LogP contribution in [0.1, 0.15) is 44.9 Å². The second-order valence-electron chi connectivity index (χ2n) is 7.30. The molecule has 1 amide bonds. The van der Waals surface area contributed by atoms with Crippen LogP contribution in [-0.4, -0.2) is 23.7 Å². The average molecular weight is 387 g/mol. The van der Waals surface area contributed by atoms with Gasteiger partial charge in [-0.05, 0) is 12.3 Å². The van der Waals surface area contributed by atoms with E-state index in [-0.39, 0.29) is 5.91 Å². The van der Waals surface area contributed by atoms with E-state index in [4.69, 9.17) is 9.47 Å². The highest BCUT2D eigenvalue weighted by Crippen LogP contribution is 2.35. The summed E-state index contributed by atoms with van der Waals surface area (Å²) in [6.45, 7) is 5.57. The molecule has 1 aromatic carbocycles. The van der Waals surface area contributed by atoms with Gasteiger partial charge in [-0.2, -0.15) is 4.99 Å². The molecule has 6 heteroatoms. The van der Waals surface area contributed by atoms with E-state index in [1.165, 1.54) is 43.4 Å². The van der Waals surface area contributed by atoms with Gasteiger partial charge in [0.05, 0.1) is 10.2 Å². The lowest BCUT2D eigenvalue weighted by Crippen LogP contribution is -2.17. The second-order valence-corrected chi connectivity index (χ2v) is 8.30. The third-order valence-electron chi connectivity index (χ3n) is 5.37. The van der Waals surface area contributed by atoms with Gasteiger partial charge >= 0.3 is 0 Å². The number of carbonyl (C=O) groups excluding carboxylic acids is 1. The second kappa shape index (κ2) is 8.30. The minimum atomic E-state index is -0.0257. The molecule has 2 aliphatic rings. The molecule has 0 unspecified atom stereocenters. The summed E-state index contributed by atoms with van der Waals surface area (Å²) in [5.74, 6) is 2.18. The van der Waals surface area contributed by atoms with E-state index >= 15 is 0 Å². The summed E-state index contributed by atoms with van der Waals surface area (Å²) in [7, 11) is 0. The molecule has 0 N–H and O–H groups in total. The lowest BCUT2D eigenvalue weighted by Gasteiger charge is -2.20. The molecule has 0 radical (unpaired) electrons. The monoisotopic (exact) mass is 386 g/mol. The Hall–Kier alpha value is -2.08. The minimum absolute atomic E-state index is 0.0257. The molecule has 4 rings (SSSR count). The van der Waals surface area contributed by atoms with Crippen molar-refractivity contribution < 1.29 is 14.3 Å². The maximum atomic E-state index is 12.5. The molecule has 144 valence electrons. The number of carbonyl (C=O) groups is 1. The molecule has 2 aromatic rings. The van der Waals surface area contributed by atoms with Crippen molar-refractivity contribution in [3.05, 3.63) is 29.6 Å². The van der Waals surface area contributed by atoms with Crippen LogP contribution < -0.4 is 14.3 Å². The predicted molar refractivity (Wildman–Crippen MR) is 107 cm³/mol. The largest absolute Gasteiger partial charge is 0.486 e. The van der Waals surface area contributed by atoms with Gasteiger partial charge in [-0.15, -0.1) is 6.58 Å². The average Bonchev–Trinajstić information content (AvgIpc) is 3.02. The van der Waals surface area contributed by atoms with E-state index in [1.807, 2.05) is 22.8 Å². The van der Waals surface area contributed by atoms with Crippen LogP contribution in [0, 0.1) is 5.92 Å². The van der Waals surface area contributed by atoms with Gasteiger partial charge < -0.3 is 14.0 Å². The van der Waals surface area contributed by atoms with Crippen molar-refractivity contribution >= 4 is 27.5 Å². The first-order chi connectivity index (χ1) is 13.2. The molecular weight excluding hydrogens is 360 g/mol. The fraction of sp³-hybridized carbons (Fsp3) is 0.524.